The molecule has 0 heterocycles. The topological polar surface area (TPSA) is 0 Å². The maximum Gasteiger partial charge on any atom is 1.00 e. The third-order valence-electron chi connectivity index (χ3n) is 0. The van der Waals surface area contributed by atoms with Crippen LogP contribution in [0.2, 0.25) is 0 Å². The van der Waals surface area contributed by atoms with Crippen molar-refractivity contribution in [2.24, 2.45) is 0 Å². The monoisotopic (exact) mass is 211 g/mol. The molecule has 6 heavy (non-hydrogen) atoms. The predicted octanol–water partition coefficient (Wildman–Crippen LogP) is -2.43. The molecule has 0 unspecified atom stereocenters. The van der Waals surface area contributed by atoms with E-state index in [2.05, 4.69) is 0 Å². The zero-order valence-corrected chi connectivity index (χ0v) is 10.8. The van der Waals surface area contributed by atoms with E-state index < -0.39 is 0 Å². The van der Waals surface area contributed by atoms with Gasteiger partial charge in [0, 0.05) is 18.6 Å². The molecule has 0 saturated heterocycles. The molecule has 39 valence electrons. The Balaban J connectivity index is 0. The Kier molecular flexibility index (Phi) is 469. The van der Waals surface area contributed by atoms with Gasteiger partial charge in [-0.15, -0.1) is 0 Å². The summed E-state index contributed by atoms with van der Waals surface area (Å²) in [4.78, 5) is 0. The second kappa shape index (κ2) is 43.7. The van der Waals surface area contributed by atoms with Crippen LogP contribution in [0.4, 0.5) is 0 Å². The maximum atomic E-state index is 0. The maximum absolute atomic E-state index is 0. The van der Waals surface area contributed by atoms with Crippen LogP contribution in [0, 0.1) is 0 Å². The average Bonchev–Trinajstić information content (AvgIpc) is 0. The van der Waals surface area contributed by atoms with E-state index >= 15 is 0 Å². The fourth-order valence-electron chi connectivity index (χ4n) is 0. The van der Waals surface area contributed by atoms with Gasteiger partial charge in [-0.3, -0.25) is 0 Å². The van der Waals surface area contributed by atoms with Crippen LogP contribution in [0.15, 0.2) is 0 Å². The van der Waals surface area contributed by atoms with E-state index in [9.17, 15) is 0 Å². The molecule has 0 aliphatic carbocycles. The van der Waals surface area contributed by atoms with Gasteiger partial charge in [-0.05, 0) is 0 Å². The first-order valence-electron chi connectivity index (χ1n) is 0. The largest absolute Gasteiger partial charge is 1.00 e. The summed E-state index contributed by atoms with van der Waals surface area (Å²) in [6.07, 6.45) is 0. The molecule has 0 nitrogen and oxygen atoms in total. The van der Waals surface area contributed by atoms with Crippen LogP contribution in [-0.2, 0) is 18.6 Å². The van der Waals surface area contributed by atoms with Crippen LogP contribution < -0.4 is 29.6 Å². The molecule has 0 aromatic carbocycles. The van der Waals surface area contributed by atoms with Crippen molar-refractivity contribution in [3.8, 4) is 0 Å². The van der Waals surface area contributed by atoms with Crippen molar-refractivity contribution in [3.05, 3.63) is 0 Å². The molecule has 0 amide bonds. The van der Waals surface area contributed by atoms with Gasteiger partial charge in [-0.25, -0.2) is 0 Å². The van der Waals surface area contributed by atoms with E-state index in [0.717, 1.165) is 0 Å². The van der Waals surface area contributed by atoms with Gasteiger partial charge in [0.25, 0.3) is 0 Å². The summed E-state index contributed by atoms with van der Waals surface area (Å²) in [7, 11) is 0. The van der Waals surface area contributed by atoms with E-state index in [1.54, 1.807) is 0 Å². The van der Waals surface area contributed by atoms with Crippen LogP contribution in [0.25, 0.3) is 0 Å². The Morgan fingerprint density at radius 1 is 0.667 bits per heavy atom. The van der Waals surface area contributed by atoms with E-state index in [4.69, 9.17) is 0 Å². The first-order valence-corrected chi connectivity index (χ1v) is 0. The smallest absolute Gasteiger partial charge is 1.00 e. The number of hydrogen-bond donors (Lipinski definition) is 0. The summed E-state index contributed by atoms with van der Waals surface area (Å²) in [5.74, 6) is 0. The van der Waals surface area contributed by atoms with Crippen LogP contribution in [0.3, 0.4) is 0 Å². The molecule has 0 rings (SSSR count). The predicted molar refractivity (Wildman–Crippen MR) is 42.6 cm³/mol. The molecule has 0 N–H and O–H groups in total. The van der Waals surface area contributed by atoms with Gasteiger partial charge in [0.15, 0.2) is 0 Å². The Hall–Kier alpha value is 2.98. The second-order valence-electron chi connectivity index (χ2n) is 0. The SMILES string of the molecule is S.S.S.S.[H-].[Na+].[V]. The van der Waals surface area contributed by atoms with Gasteiger partial charge in [-0.2, -0.15) is 54.0 Å². The van der Waals surface area contributed by atoms with Crippen LogP contribution >= 0.6 is 54.0 Å². The van der Waals surface area contributed by atoms with Crippen LogP contribution in [0.1, 0.15) is 1.43 Å². The fraction of sp³-hybridized carbons (Fsp3) is 0. The molecule has 6 heteroatoms. The molecule has 0 fully saturated rings. The third-order valence-corrected chi connectivity index (χ3v) is 0. The molecular weight excluding hydrogens is 202 g/mol. The van der Waals surface area contributed by atoms with Gasteiger partial charge in [0.2, 0.25) is 0 Å². The first-order chi connectivity index (χ1) is 0. The van der Waals surface area contributed by atoms with E-state index in [-0.39, 0.29) is 104 Å². The minimum absolute atomic E-state index is 0. The normalized spacial score (nSPS) is 0. The molecule has 0 atom stereocenters. The summed E-state index contributed by atoms with van der Waals surface area (Å²) >= 11 is 0. The minimum atomic E-state index is 0. The van der Waals surface area contributed by atoms with Crippen molar-refractivity contribution >= 4 is 54.0 Å². The Bertz CT molecular complexity index is 11.7. The Morgan fingerprint density at radius 2 is 0.667 bits per heavy atom. The van der Waals surface area contributed by atoms with Gasteiger partial charge >= 0.3 is 29.6 Å². The molecule has 0 aliphatic rings. The van der Waals surface area contributed by atoms with Gasteiger partial charge in [0.1, 0.15) is 0 Å². The molecule has 0 saturated carbocycles. The first kappa shape index (κ1) is 64.3. The summed E-state index contributed by atoms with van der Waals surface area (Å²) in [6.45, 7) is 0. The van der Waals surface area contributed by atoms with E-state index in [0.29, 0.717) is 0 Å². The quantitative estimate of drug-likeness (QED) is 0.391. The average molecular weight is 211 g/mol. The molecule has 0 aliphatic heterocycles. The molecule has 0 aromatic rings. The molecule has 0 spiro atoms. The zero-order valence-electron chi connectivity index (χ0n) is 4.45. The van der Waals surface area contributed by atoms with Crippen molar-refractivity contribution in [2.75, 3.05) is 0 Å². The molecule has 0 bridgehead atoms. The fourth-order valence-corrected chi connectivity index (χ4v) is 0. The third kappa shape index (κ3) is 28.1. The van der Waals surface area contributed by atoms with Crippen LogP contribution in [0.5, 0.6) is 0 Å². The van der Waals surface area contributed by atoms with Crippen molar-refractivity contribution in [1.82, 2.24) is 0 Å². The standard InChI is InChI=1S/Na.4H2S.V.H/h;4*1H2;;/q+1;;;;;;-1. The molecule has 1 radical (unpaired) electrons. The summed E-state index contributed by atoms with van der Waals surface area (Å²) < 4.78 is 0. The van der Waals surface area contributed by atoms with E-state index in [1.807, 2.05) is 0 Å². The number of hydrogen-bond acceptors (Lipinski definition) is 0. The van der Waals surface area contributed by atoms with Crippen LogP contribution in [-0.4, -0.2) is 0 Å². The zero-order chi connectivity index (χ0) is 0. The van der Waals surface area contributed by atoms with Gasteiger partial charge in [-0.1, -0.05) is 0 Å². The van der Waals surface area contributed by atoms with Crippen molar-refractivity contribution in [2.45, 2.75) is 0 Å². The summed E-state index contributed by atoms with van der Waals surface area (Å²) in [5.41, 5.74) is 0. The molecule has 0 aromatic heterocycles. The Morgan fingerprint density at radius 3 is 0.667 bits per heavy atom. The van der Waals surface area contributed by atoms with Crippen molar-refractivity contribution in [3.63, 3.8) is 0 Å². The molecular formula is H9NaS4V. The van der Waals surface area contributed by atoms with Crippen molar-refractivity contribution < 1.29 is 49.5 Å². The summed E-state index contributed by atoms with van der Waals surface area (Å²) in [5, 5.41) is 0. The minimum Gasteiger partial charge on any atom is -1.00 e. The second-order valence-corrected chi connectivity index (χ2v) is 0. The number of rotatable bonds is 0. The Labute approximate surface area is 102 Å². The van der Waals surface area contributed by atoms with Gasteiger partial charge in [0.05, 0.1) is 0 Å². The summed E-state index contributed by atoms with van der Waals surface area (Å²) in [6, 6.07) is 0. The van der Waals surface area contributed by atoms with Crippen molar-refractivity contribution in [1.29, 1.82) is 0 Å². The van der Waals surface area contributed by atoms with Gasteiger partial charge < -0.3 is 1.43 Å². The van der Waals surface area contributed by atoms with E-state index in [1.165, 1.54) is 0 Å².